The Hall–Kier alpha value is -0.877. The van der Waals surface area contributed by atoms with Gasteiger partial charge in [-0.3, -0.25) is 0 Å². The molecule has 0 radical (unpaired) electrons. The van der Waals surface area contributed by atoms with Crippen molar-refractivity contribution in [2.75, 3.05) is 0 Å². The first-order valence-electron chi connectivity index (χ1n) is 13.2. The Labute approximate surface area is 242 Å². The van der Waals surface area contributed by atoms with Gasteiger partial charge in [0.2, 0.25) is 0 Å². The summed E-state index contributed by atoms with van der Waals surface area (Å²) in [5.74, 6) is 0. The number of hydrogen-bond acceptors (Lipinski definition) is 0. The van der Waals surface area contributed by atoms with Gasteiger partial charge in [0.05, 0.1) is 0 Å². The van der Waals surface area contributed by atoms with Crippen LogP contribution in [0, 0.1) is 13.0 Å². The minimum Gasteiger partial charge on any atom is -0.207 e. The predicted octanol–water partition coefficient (Wildman–Crippen LogP) is 10.8. The third-order valence-corrected chi connectivity index (χ3v) is 12.9. The SMILES string of the molecule is CC(C)(C)c1[c-]c2c(cc1)-c1ccc(C(C)(C)C)cc1C2.C[C](C)=[Zr]([Cl])[Cl].Cc1cc(C(C)(C)C)c[cH-]1. The van der Waals surface area contributed by atoms with Gasteiger partial charge in [0.1, 0.15) is 0 Å². The van der Waals surface area contributed by atoms with Gasteiger partial charge in [-0.2, -0.15) is 47.0 Å². The van der Waals surface area contributed by atoms with Crippen LogP contribution >= 0.6 is 17.0 Å². The Bertz CT molecular complexity index is 1160. The van der Waals surface area contributed by atoms with Crippen molar-refractivity contribution < 1.29 is 18.9 Å². The first-order valence-corrected chi connectivity index (χ1v) is 20.8. The summed E-state index contributed by atoms with van der Waals surface area (Å²) in [7, 11) is 11.1. The second-order valence-corrected chi connectivity index (χ2v) is 22.9. The van der Waals surface area contributed by atoms with Gasteiger partial charge >= 0.3 is 53.0 Å². The molecule has 0 nitrogen and oxygen atoms in total. The molecule has 3 heteroatoms. The first kappa shape index (κ1) is 32.3. The molecule has 1 aliphatic rings. The maximum atomic E-state index is 5.54. The van der Waals surface area contributed by atoms with Crippen LogP contribution in [0.4, 0.5) is 0 Å². The van der Waals surface area contributed by atoms with Crippen LogP contribution in [-0.2, 0) is 41.5 Å². The number of benzene rings is 2. The van der Waals surface area contributed by atoms with Crippen LogP contribution in [-0.4, -0.2) is 3.21 Å². The summed E-state index contributed by atoms with van der Waals surface area (Å²) in [5.41, 5.74) is 11.8. The van der Waals surface area contributed by atoms with E-state index in [1.807, 2.05) is 13.8 Å². The van der Waals surface area contributed by atoms with Gasteiger partial charge in [0.25, 0.3) is 0 Å². The molecule has 0 unspecified atom stereocenters. The van der Waals surface area contributed by atoms with E-state index in [0.717, 1.165) is 6.42 Å². The van der Waals surface area contributed by atoms with Crippen molar-refractivity contribution in [3.05, 3.63) is 88.0 Å². The third-order valence-electron chi connectivity index (χ3n) is 6.62. The molecule has 0 N–H and O–H groups in total. The molecule has 202 valence electrons. The van der Waals surface area contributed by atoms with E-state index >= 15 is 0 Å². The summed E-state index contributed by atoms with van der Waals surface area (Å²) in [6, 6.07) is 21.8. The van der Waals surface area contributed by atoms with Crippen molar-refractivity contribution in [2.45, 2.75) is 106 Å². The largest absolute Gasteiger partial charge is 0.207 e. The summed E-state index contributed by atoms with van der Waals surface area (Å²) < 4.78 is 1.24. The second-order valence-electron chi connectivity index (χ2n) is 13.5. The summed E-state index contributed by atoms with van der Waals surface area (Å²) in [6.45, 7) is 26.4. The zero-order chi connectivity index (χ0) is 28.3. The van der Waals surface area contributed by atoms with E-state index in [4.69, 9.17) is 17.0 Å². The van der Waals surface area contributed by atoms with Crippen molar-refractivity contribution in [2.24, 2.45) is 0 Å². The zero-order valence-electron chi connectivity index (χ0n) is 25.1. The summed E-state index contributed by atoms with van der Waals surface area (Å²) in [5, 5.41) is 0. The quantitative estimate of drug-likeness (QED) is 0.172. The van der Waals surface area contributed by atoms with E-state index in [-0.39, 0.29) is 10.8 Å². The molecule has 0 aliphatic heterocycles. The predicted molar refractivity (Wildman–Crippen MR) is 164 cm³/mol. The monoisotopic (exact) mass is 614 g/mol. The van der Waals surface area contributed by atoms with Crippen LogP contribution in [0.2, 0.25) is 0 Å². The molecular weight excluding hydrogens is 571 g/mol. The summed E-state index contributed by atoms with van der Waals surface area (Å²) >= 11 is -1.84. The molecule has 0 bridgehead atoms. The van der Waals surface area contributed by atoms with Gasteiger partial charge in [-0.1, -0.05) is 98.4 Å². The summed E-state index contributed by atoms with van der Waals surface area (Å²) in [4.78, 5) is 0. The van der Waals surface area contributed by atoms with Gasteiger partial charge in [-0.25, -0.2) is 6.07 Å². The van der Waals surface area contributed by atoms with E-state index in [1.54, 1.807) is 0 Å². The fraction of sp³-hybridized carbons (Fsp3) is 0.471. The fourth-order valence-electron chi connectivity index (χ4n) is 4.06. The molecule has 37 heavy (non-hydrogen) atoms. The van der Waals surface area contributed by atoms with Crippen LogP contribution in [0.15, 0.2) is 48.5 Å². The first-order chi connectivity index (χ1) is 16.8. The number of aryl methyl sites for hydroxylation is 1. The van der Waals surface area contributed by atoms with Crippen LogP contribution in [0.5, 0.6) is 0 Å². The minimum atomic E-state index is -1.84. The van der Waals surface area contributed by atoms with Crippen LogP contribution < -0.4 is 0 Å². The Morgan fingerprint density at radius 2 is 1.32 bits per heavy atom. The minimum absolute atomic E-state index is 0.167. The Morgan fingerprint density at radius 1 is 0.784 bits per heavy atom. The van der Waals surface area contributed by atoms with Crippen molar-refractivity contribution in [3.8, 4) is 11.1 Å². The molecule has 1 aliphatic carbocycles. The molecule has 4 rings (SSSR count). The number of rotatable bonds is 0. The Kier molecular flexibility index (Phi) is 11.0. The molecule has 3 aromatic carbocycles. The van der Waals surface area contributed by atoms with Crippen LogP contribution in [0.3, 0.4) is 0 Å². The maximum absolute atomic E-state index is 5.54. The van der Waals surface area contributed by atoms with E-state index in [1.165, 1.54) is 47.7 Å². The molecule has 0 atom stereocenters. The van der Waals surface area contributed by atoms with Crippen molar-refractivity contribution in [3.63, 3.8) is 0 Å². The van der Waals surface area contributed by atoms with E-state index in [9.17, 15) is 0 Å². The normalized spacial score (nSPS) is 12.5. The van der Waals surface area contributed by atoms with Gasteiger partial charge in [0, 0.05) is 0 Å². The molecule has 0 aromatic heterocycles. The smallest absolute Gasteiger partial charge is 0.0635 e. The van der Waals surface area contributed by atoms with Crippen molar-refractivity contribution in [1.82, 2.24) is 0 Å². The standard InChI is InChI=1S/C21H25.C10H15.C3H6.2ClH.Zr/c1-20(2,3)16-7-9-18-14(12-16)11-15-13-17(21(4,5)6)8-10-19(15)18;1-8-5-6-9(7-8)10(2,3)4;1-3-2;;;/h7-10,12H,11H2,1-6H3;5-7H,1-4H3;1-2H3;2*1H;/q2*-1;;;;+2/p-2. The molecule has 0 saturated carbocycles. The molecule has 3 aromatic rings. The van der Waals surface area contributed by atoms with Gasteiger partial charge in [-0.05, 0) is 28.4 Å². The third kappa shape index (κ3) is 9.37. The fourth-order valence-corrected chi connectivity index (χ4v) is 4.06. The maximum Gasteiger partial charge on any atom is -0.0635 e. The van der Waals surface area contributed by atoms with E-state index in [2.05, 4.69) is 124 Å². The van der Waals surface area contributed by atoms with Gasteiger partial charge in [-0.15, -0.1) is 11.1 Å². The summed E-state index contributed by atoms with van der Waals surface area (Å²) in [6.07, 6.45) is 1.03. The number of halogens is 2. The second kappa shape index (κ2) is 12.5. The molecule has 0 spiro atoms. The van der Waals surface area contributed by atoms with E-state index in [0.29, 0.717) is 5.41 Å². The van der Waals surface area contributed by atoms with Crippen molar-refractivity contribution >= 4 is 20.2 Å². The Morgan fingerprint density at radius 3 is 1.73 bits per heavy atom. The molecule has 0 heterocycles. The molecule has 0 saturated heterocycles. The topological polar surface area (TPSA) is 0 Å². The van der Waals surface area contributed by atoms with Gasteiger partial charge < -0.3 is 0 Å². The molecule has 0 fully saturated rings. The number of hydrogen-bond donors (Lipinski definition) is 0. The molecule has 0 amide bonds. The average Bonchev–Trinajstić information content (AvgIpc) is 3.35. The van der Waals surface area contributed by atoms with E-state index < -0.39 is 18.9 Å². The van der Waals surface area contributed by atoms with Gasteiger partial charge in [0.15, 0.2) is 0 Å². The Balaban J connectivity index is 0.000000249. The van der Waals surface area contributed by atoms with Crippen molar-refractivity contribution in [1.29, 1.82) is 0 Å². The molecular formula is C34H46Cl2Zr-2. The number of fused-ring (bicyclic) bond motifs is 3. The van der Waals surface area contributed by atoms with Crippen LogP contribution in [0.1, 0.15) is 110 Å². The van der Waals surface area contributed by atoms with Crippen LogP contribution in [0.25, 0.3) is 11.1 Å². The zero-order valence-corrected chi connectivity index (χ0v) is 29.1. The average molecular weight is 617 g/mol.